The number of aromatic hydroxyl groups is 4. The maximum Gasteiger partial charge on any atom is 0.250 e. The molecule has 0 aliphatic heterocycles. The molecule has 182 valence electrons. The number of nitrogens with zero attached hydrogens (tertiary/aromatic N) is 4. The highest BCUT2D eigenvalue weighted by atomic mass is 32.2. The summed E-state index contributed by atoms with van der Waals surface area (Å²) in [5.74, 6) is -1.75. The van der Waals surface area contributed by atoms with Crippen molar-refractivity contribution in [1.29, 1.82) is 0 Å². The van der Waals surface area contributed by atoms with Crippen LogP contribution in [0.1, 0.15) is 11.1 Å². The number of aromatic nitrogens is 2. The number of nitrogens with one attached hydrogen (secondary N) is 2. The number of carbonyl (C=O) groups excluding carboxylic acids is 2. The van der Waals surface area contributed by atoms with Gasteiger partial charge in [-0.15, -0.1) is 10.2 Å². The van der Waals surface area contributed by atoms with Gasteiger partial charge < -0.3 is 20.4 Å². The van der Waals surface area contributed by atoms with Crippen LogP contribution in [0.2, 0.25) is 0 Å². The SMILES string of the molecule is O=C(CSc1nnc(SCC(=O)N/N=C/c2ccc(O)c(O)c2)s1)N/N=C/c1ccc(O)c(O)c1. The Hall–Kier alpha value is -3.82. The first-order valence-electron chi connectivity index (χ1n) is 9.57. The third-order valence-corrected chi connectivity index (χ3v) is 7.04. The Balaban J connectivity index is 1.36. The summed E-state index contributed by atoms with van der Waals surface area (Å²) in [6, 6.07) is 8.26. The molecular formula is C20H18N6O6S3. The summed E-state index contributed by atoms with van der Waals surface area (Å²) in [6.45, 7) is 0. The minimum atomic E-state index is -0.377. The summed E-state index contributed by atoms with van der Waals surface area (Å²) in [5, 5.41) is 52.9. The highest BCUT2D eigenvalue weighted by molar-refractivity contribution is 8.03. The Morgan fingerprint density at radius 3 is 1.60 bits per heavy atom. The summed E-state index contributed by atoms with van der Waals surface area (Å²) in [7, 11) is 0. The Labute approximate surface area is 210 Å². The van der Waals surface area contributed by atoms with Crippen LogP contribution in [-0.2, 0) is 9.59 Å². The summed E-state index contributed by atoms with van der Waals surface area (Å²) in [6.07, 6.45) is 2.65. The zero-order valence-electron chi connectivity index (χ0n) is 17.7. The van der Waals surface area contributed by atoms with Crippen molar-refractivity contribution in [3.63, 3.8) is 0 Å². The van der Waals surface area contributed by atoms with Gasteiger partial charge in [-0.25, -0.2) is 10.9 Å². The first-order chi connectivity index (χ1) is 16.8. The van der Waals surface area contributed by atoms with Crippen molar-refractivity contribution >= 4 is 59.1 Å². The largest absolute Gasteiger partial charge is 0.504 e. The number of benzene rings is 2. The molecule has 0 atom stereocenters. The summed E-state index contributed by atoms with van der Waals surface area (Å²) < 4.78 is 1.08. The van der Waals surface area contributed by atoms with E-state index >= 15 is 0 Å². The summed E-state index contributed by atoms with van der Waals surface area (Å²) in [4.78, 5) is 23.8. The van der Waals surface area contributed by atoms with Gasteiger partial charge in [0.2, 0.25) is 0 Å². The van der Waals surface area contributed by atoms with Crippen molar-refractivity contribution < 1.29 is 30.0 Å². The molecule has 1 aromatic heterocycles. The Morgan fingerprint density at radius 2 is 1.20 bits per heavy atom. The molecule has 0 bridgehead atoms. The van der Waals surface area contributed by atoms with E-state index in [4.69, 9.17) is 0 Å². The molecule has 0 saturated heterocycles. The highest BCUT2D eigenvalue weighted by Gasteiger charge is 2.10. The second-order valence-electron chi connectivity index (χ2n) is 6.49. The number of rotatable bonds is 10. The number of hydrogen-bond donors (Lipinski definition) is 6. The van der Waals surface area contributed by atoms with Gasteiger partial charge >= 0.3 is 0 Å². The lowest BCUT2D eigenvalue weighted by molar-refractivity contribution is -0.119. The smallest absolute Gasteiger partial charge is 0.250 e. The van der Waals surface area contributed by atoms with E-state index in [0.717, 1.165) is 23.5 Å². The zero-order chi connectivity index (χ0) is 25.2. The van der Waals surface area contributed by atoms with Crippen molar-refractivity contribution in [2.24, 2.45) is 10.2 Å². The summed E-state index contributed by atoms with van der Waals surface area (Å²) in [5.41, 5.74) is 5.68. The van der Waals surface area contributed by atoms with Gasteiger partial charge in [0.25, 0.3) is 11.8 Å². The van der Waals surface area contributed by atoms with E-state index < -0.39 is 0 Å². The second-order valence-corrected chi connectivity index (χ2v) is 9.92. The van der Waals surface area contributed by atoms with E-state index in [1.54, 1.807) is 0 Å². The molecule has 3 rings (SSSR count). The van der Waals surface area contributed by atoms with E-state index in [-0.39, 0.29) is 46.3 Å². The Bertz CT molecular complexity index is 1170. The van der Waals surface area contributed by atoms with Crippen LogP contribution < -0.4 is 10.9 Å². The molecule has 3 aromatic rings. The van der Waals surface area contributed by atoms with E-state index in [0.29, 0.717) is 19.8 Å². The predicted octanol–water partition coefficient (Wildman–Crippen LogP) is 1.85. The maximum atomic E-state index is 11.9. The van der Waals surface area contributed by atoms with Gasteiger partial charge in [-0.3, -0.25) is 9.59 Å². The molecule has 15 heteroatoms. The van der Waals surface area contributed by atoms with Crippen molar-refractivity contribution in [3.8, 4) is 23.0 Å². The average Bonchev–Trinajstić information content (AvgIpc) is 3.29. The quantitative estimate of drug-likeness (QED) is 0.0968. The predicted molar refractivity (Wildman–Crippen MR) is 132 cm³/mol. The van der Waals surface area contributed by atoms with Crippen molar-refractivity contribution in [2.45, 2.75) is 8.68 Å². The molecule has 0 aliphatic rings. The first-order valence-corrected chi connectivity index (χ1v) is 12.4. The molecule has 0 aliphatic carbocycles. The van der Waals surface area contributed by atoms with Crippen molar-refractivity contribution in [3.05, 3.63) is 47.5 Å². The Morgan fingerprint density at radius 1 is 0.771 bits per heavy atom. The Kier molecular flexibility index (Phi) is 9.28. The minimum Gasteiger partial charge on any atom is -0.504 e. The molecule has 0 radical (unpaired) electrons. The number of carbonyl (C=O) groups is 2. The van der Waals surface area contributed by atoms with Gasteiger partial charge in [0.05, 0.1) is 23.9 Å². The van der Waals surface area contributed by atoms with Crippen LogP contribution in [0.5, 0.6) is 23.0 Å². The minimum absolute atomic E-state index is 0.0412. The van der Waals surface area contributed by atoms with Crippen LogP contribution in [-0.4, -0.2) is 66.4 Å². The molecule has 0 fully saturated rings. The fourth-order valence-corrected chi connectivity index (χ4v) is 4.84. The molecule has 1 heterocycles. The lowest BCUT2D eigenvalue weighted by Gasteiger charge is -1.99. The van der Waals surface area contributed by atoms with Crippen LogP contribution in [0, 0.1) is 0 Å². The van der Waals surface area contributed by atoms with E-state index in [2.05, 4.69) is 31.3 Å². The molecule has 6 N–H and O–H groups in total. The van der Waals surface area contributed by atoms with E-state index in [9.17, 15) is 30.0 Å². The highest BCUT2D eigenvalue weighted by Crippen LogP contribution is 2.28. The van der Waals surface area contributed by atoms with Crippen LogP contribution in [0.4, 0.5) is 0 Å². The third kappa shape index (κ3) is 8.47. The molecule has 35 heavy (non-hydrogen) atoms. The van der Waals surface area contributed by atoms with Crippen LogP contribution in [0.25, 0.3) is 0 Å². The number of amides is 2. The van der Waals surface area contributed by atoms with Crippen LogP contribution >= 0.6 is 34.9 Å². The normalized spacial score (nSPS) is 11.2. The number of hydrogen-bond acceptors (Lipinski definition) is 13. The van der Waals surface area contributed by atoms with Crippen molar-refractivity contribution in [1.82, 2.24) is 21.0 Å². The van der Waals surface area contributed by atoms with E-state index in [1.807, 2.05) is 0 Å². The van der Waals surface area contributed by atoms with Gasteiger partial charge in [-0.05, 0) is 47.5 Å². The first kappa shape index (κ1) is 25.8. The van der Waals surface area contributed by atoms with Gasteiger partial charge in [0.15, 0.2) is 31.7 Å². The van der Waals surface area contributed by atoms with Crippen molar-refractivity contribution in [2.75, 3.05) is 11.5 Å². The number of hydrazone groups is 2. The number of thioether (sulfide) groups is 2. The fraction of sp³-hybridized carbons (Fsp3) is 0.100. The maximum absolute atomic E-state index is 11.9. The molecule has 0 spiro atoms. The molecule has 2 aromatic carbocycles. The van der Waals surface area contributed by atoms with Gasteiger partial charge in [0.1, 0.15) is 0 Å². The molecular weight excluding hydrogens is 516 g/mol. The van der Waals surface area contributed by atoms with Crippen LogP contribution in [0.3, 0.4) is 0 Å². The van der Waals surface area contributed by atoms with Gasteiger partial charge in [-0.2, -0.15) is 10.2 Å². The third-order valence-electron chi connectivity index (χ3n) is 3.85. The monoisotopic (exact) mass is 534 g/mol. The number of phenolic OH excluding ortho intramolecular Hbond substituents is 4. The molecule has 0 saturated carbocycles. The fourth-order valence-electron chi connectivity index (χ4n) is 2.23. The lowest BCUT2D eigenvalue weighted by atomic mass is 10.2. The molecule has 2 amide bonds. The zero-order valence-corrected chi connectivity index (χ0v) is 20.1. The van der Waals surface area contributed by atoms with Gasteiger partial charge in [-0.1, -0.05) is 34.9 Å². The topological polar surface area (TPSA) is 190 Å². The molecule has 12 nitrogen and oxygen atoms in total. The number of phenols is 4. The van der Waals surface area contributed by atoms with E-state index in [1.165, 1.54) is 60.2 Å². The average molecular weight is 535 g/mol. The van der Waals surface area contributed by atoms with Crippen LogP contribution in [0.15, 0.2) is 55.3 Å². The standard InChI is InChI=1S/C20H18N6O6S3/c27-13-3-1-11(5-15(13)29)7-21-23-17(31)9-33-19-25-26-20(35-19)34-10-18(32)24-22-8-12-2-4-14(28)16(30)6-12/h1-8,27-30H,9-10H2,(H,23,31)(H,24,32)/b21-7+,22-8+. The van der Waals surface area contributed by atoms with Gasteiger partial charge in [0, 0.05) is 0 Å². The second kappa shape index (κ2) is 12.6. The lowest BCUT2D eigenvalue weighted by Crippen LogP contribution is -2.19. The molecule has 0 unspecified atom stereocenters. The summed E-state index contributed by atoms with van der Waals surface area (Å²) >= 11 is 3.54.